The van der Waals surface area contributed by atoms with E-state index in [2.05, 4.69) is 12.2 Å². The van der Waals surface area contributed by atoms with Crippen molar-refractivity contribution in [1.82, 2.24) is 0 Å². The fourth-order valence-electron chi connectivity index (χ4n) is 1.69. The Balaban J connectivity index is 2.07. The predicted octanol–water partition coefficient (Wildman–Crippen LogP) is 2.81. The van der Waals surface area contributed by atoms with Gasteiger partial charge in [0.1, 0.15) is 0 Å². The highest BCUT2D eigenvalue weighted by molar-refractivity contribution is 5.51. The maximum absolute atomic E-state index is 10.6. The topological polar surface area (TPSA) is 55.2 Å². The summed E-state index contributed by atoms with van der Waals surface area (Å²) in [6.07, 6.45) is 2.53. The van der Waals surface area contributed by atoms with Crippen LogP contribution in [0.1, 0.15) is 19.8 Å². The third-order valence-corrected chi connectivity index (χ3v) is 2.78. The number of nitrogens with zero attached hydrogens (tertiary/aromatic N) is 1. The van der Waals surface area contributed by atoms with Crippen LogP contribution in [0.15, 0.2) is 24.3 Å². The number of hydrogen-bond donors (Lipinski definition) is 1. The molecule has 0 spiro atoms. The number of rotatable bonds is 4. The Morgan fingerprint density at radius 3 is 2.87 bits per heavy atom. The van der Waals surface area contributed by atoms with Crippen LogP contribution < -0.4 is 5.32 Å². The van der Waals surface area contributed by atoms with E-state index in [1.54, 1.807) is 12.1 Å². The van der Waals surface area contributed by atoms with E-state index in [4.69, 9.17) is 0 Å². The Labute approximate surface area is 88.5 Å². The Kier molecular flexibility index (Phi) is 2.58. The lowest BCUT2D eigenvalue weighted by molar-refractivity contribution is -0.384. The van der Waals surface area contributed by atoms with Crippen LogP contribution >= 0.6 is 0 Å². The monoisotopic (exact) mass is 206 g/mol. The van der Waals surface area contributed by atoms with Gasteiger partial charge in [0.15, 0.2) is 0 Å². The van der Waals surface area contributed by atoms with Crippen molar-refractivity contribution in [2.75, 3.05) is 5.32 Å². The van der Waals surface area contributed by atoms with Crippen molar-refractivity contribution >= 4 is 11.4 Å². The largest absolute Gasteiger partial charge is 0.382 e. The molecule has 1 atom stereocenters. The molecule has 0 bridgehead atoms. The Hall–Kier alpha value is -1.58. The van der Waals surface area contributed by atoms with Gasteiger partial charge in [-0.05, 0) is 31.7 Å². The third kappa shape index (κ3) is 2.46. The molecule has 0 radical (unpaired) electrons. The van der Waals surface area contributed by atoms with E-state index in [0.717, 1.165) is 11.6 Å². The van der Waals surface area contributed by atoms with Crippen molar-refractivity contribution in [2.45, 2.75) is 25.8 Å². The summed E-state index contributed by atoms with van der Waals surface area (Å²) in [5.41, 5.74) is 0.978. The molecule has 1 fully saturated rings. The molecule has 0 amide bonds. The normalized spacial score (nSPS) is 17.1. The first-order valence-electron chi connectivity index (χ1n) is 5.18. The van der Waals surface area contributed by atoms with Crippen molar-refractivity contribution in [3.8, 4) is 0 Å². The molecule has 1 N–H and O–H groups in total. The molecule has 2 rings (SSSR count). The van der Waals surface area contributed by atoms with Crippen LogP contribution in [0.25, 0.3) is 0 Å². The molecule has 4 nitrogen and oxygen atoms in total. The van der Waals surface area contributed by atoms with Crippen molar-refractivity contribution in [3.63, 3.8) is 0 Å². The van der Waals surface area contributed by atoms with Crippen LogP contribution in [0.3, 0.4) is 0 Å². The lowest BCUT2D eigenvalue weighted by Crippen LogP contribution is -2.17. The second-order valence-electron chi connectivity index (χ2n) is 4.08. The fraction of sp³-hybridized carbons (Fsp3) is 0.455. The average molecular weight is 206 g/mol. The Bertz CT molecular complexity index is 375. The smallest absolute Gasteiger partial charge is 0.271 e. The van der Waals surface area contributed by atoms with Gasteiger partial charge in [-0.1, -0.05) is 6.07 Å². The number of nitro groups is 1. The summed E-state index contributed by atoms with van der Waals surface area (Å²) < 4.78 is 0. The molecular formula is C11H14N2O2. The maximum Gasteiger partial charge on any atom is 0.271 e. The van der Waals surface area contributed by atoms with Gasteiger partial charge in [0.05, 0.1) is 4.92 Å². The van der Waals surface area contributed by atoms with Crippen molar-refractivity contribution in [1.29, 1.82) is 0 Å². The molecule has 1 unspecified atom stereocenters. The van der Waals surface area contributed by atoms with Gasteiger partial charge in [0.25, 0.3) is 5.69 Å². The van der Waals surface area contributed by atoms with Gasteiger partial charge in [0, 0.05) is 23.9 Å². The molecule has 1 aliphatic rings. The molecule has 1 aromatic carbocycles. The van der Waals surface area contributed by atoms with E-state index in [1.807, 2.05) is 6.07 Å². The van der Waals surface area contributed by atoms with E-state index in [-0.39, 0.29) is 10.6 Å². The highest BCUT2D eigenvalue weighted by Crippen LogP contribution is 2.34. The van der Waals surface area contributed by atoms with Gasteiger partial charge in [-0.3, -0.25) is 10.1 Å². The van der Waals surface area contributed by atoms with E-state index in [9.17, 15) is 10.1 Å². The molecule has 0 saturated heterocycles. The first-order valence-corrected chi connectivity index (χ1v) is 5.18. The summed E-state index contributed by atoms with van der Waals surface area (Å²) in [7, 11) is 0. The minimum atomic E-state index is -0.368. The summed E-state index contributed by atoms with van der Waals surface area (Å²) >= 11 is 0. The molecule has 0 aromatic heterocycles. The lowest BCUT2D eigenvalue weighted by Gasteiger charge is -2.13. The number of benzene rings is 1. The summed E-state index contributed by atoms with van der Waals surface area (Å²) in [5, 5.41) is 13.9. The lowest BCUT2D eigenvalue weighted by atomic mass is 10.2. The minimum absolute atomic E-state index is 0.142. The summed E-state index contributed by atoms with van der Waals surface area (Å²) in [5.74, 6) is 0.740. The third-order valence-electron chi connectivity index (χ3n) is 2.78. The van der Waals surface area contributed by atoms with Gasteiger partial charge >= 0.3 is 0 Å². The van der Waals surface area contributed by atoms with Gasteiger partial charge in [-0.2, -0.15) is 0 Å². The van der Waals surface area contributed by atoms with Gasteiger partial charge in [-0.25, -0.2) is 0 Å². The standard InChI is InChI=1S/C11H14N2O2/c1-8(9-5-6-9)12-10-3-2-4-11(7-10)13(14)15/h2-4,7-9,12H,5-6H2,1H3. The van der Waals surface area contributed by atoms with Crippen molar-refractivity contribution in [2.24, 2.45) is 5.92 Å². The number of nitro benzene ring substituents is 1. The van der Waals surface area contributed by atoms with Crippen LogP contribution in [0.2, 0.25) is 0 Å². The van der Waals surface area contributed by atoms with Crippen LogP contribution in [0.4, 0.5) is 11.4 Å². The molecule has 1 aromatic rings. The number of anilines is 1. The summed E-state index contributed by atoms with van der Waals surface area (Å²) in [6, 6.07) is 7.07. The van der Waals surface area contributed by atoms with E-state index < -0.39 is 0 Å². The van der Waals surface area contributed by atoms with Crippen LogP contribution in [-0.4, -0.2) is 11.0 Å². The highest BCUT2D eigenvalue weighted by atomic mass is 16.6. The zero-order chi connectivity index (χ0) is 10.8. The average Bonchev–Trinajstić information content (AvgIpc) is 3.01. The quantitative estimate of drug-likeness (QED) is 0.608. The second kappa shape index (κ2) is 3.88. The molecule has 1 aliphatic carbocycles. The second-order valence-corrected chi connectivity index (χ2v) is 4.08. The summed E-state index contributed by atoms with van der Waals surface area (Å²) in [4.78, 5) is 10.2. The van der Waals surface area contributed by atoms with Crippen LogP contribution in [-0.2, 0) is 0 Å². The predicted molar refractivity (Wildman–Crippen MR) is 58.9 cm³/mol. The first kappa shape index (κ1) is 9.96. The van der Waals surface area contributed by atoms with Crippen LogP contribution in [0, 0.1) is 16.0 Å². The maximum atomic E-state index is 10.6. The number of nitrogens with one attached hydrogen (secondary N) is 1. The van der Waals surface area contributed by atoms with Crippen molar-refractivity contribution < 1.29 is 4.92 Å². The van der Waals surface area contributed by atoms with Gasteiger partial charge in [-0.15, -0.1) is 0 Å². The van der Waals surface area contributed by atoms with Gasteiger partial charge < -0.3 is 5.32 Å². The van der Waals surface area contributed by atoms with E-state index >= 15 is 0 Å². The Morgan fingerprint density at radius 2 is 2.27 bits per heavy atom. The first-order chi connectivity index (χ1) is 7.16. The summed E-state index contributed by atoms with van der Waals surface area (Å²) in [6.45, 7) is 2.12. The molecule has 15 heavy (non-hydrogen) atoms. The Morgan fingerprint density at radius 1 is 1.53 bits per heavy atom. The molecule has 0 heterocycles. The molecule has 1 saturated carbocycles. The van der Waals surface area contributed by atoms with Crippen LogP contribution in [0.5, 0.6) is 0 Å². The van der Waals surface area contributed by atoms with E-state index in [0.29, 0.717) is 6.04 Å². The molecule has 0 aliphatic heterocycles. The fourth-order valence-corrected chi connectivity index (χ4v) is 1.69. The number of hydrogen-bond acceptors (Lipinski definition) is 3. The molecule has 4 heteroatoms. The van der Waals surface area contributed by atoms with Gasteiger partial charge in [0.2, 0.25) is 0 Å². The minimum Gasteiger partial charge on any atom is -0.382 e. The molecular weight excluding hydrogens is 192 g/mol. The van der Waals surface area contributed by atoms with Crippen molar-refractivity contribution in [3.05, 3.63) is 34.4 Å². The SMILES string of the molecule is CC(Nc1cccc([N+](=O)[O-])c1)C1CC1. The van der Waals surface area contributed by atoms with E-state index in [1.165, 1.54) is 18.9 Å². The number of non-ortho nitro benzene ring substituents is 1. The zero-order valence-electron chi connectivity index (χ0n) is 8.64. The molecule has 80 valence electrons. The zero-order valence-corrected chi connectivity index (χ0v) is 8.64. The highest BCUT2D eigenvalue weighted by Gasteiger charge is 2.27.